The average molecular weight is 582 g/mol. The van der Waals surface area contributed by atoms with Crippen LogP contribution in [0, 0.1) is 12.3 Å². The molecule has 220 valence electrons. The van der Waals surface area contributed by atoms with Gasteiger partial charge in [0, 0.05) is 12.2 Å². The van der Waals surface area contributed by atoms with E-state index in [1.54, 1.807) is 22.7 Å². The molecule has 3 N–H and O–H groups in total. The van der Waals surface area contributed by atoms with Crippen LogP contribution in [0.3, 0.4) is 0 Å². The third-order valence-corrected chi connectivity index (χ3v) is 8.63. The van der Waals surface area contributed by atoms with Gasteiger partial charge in [-0.3, -0.25) is 4.57 Å². The van der Waals surface area contributed by atoms with E-state index in [9.17, 15) is 9.46 Å². The number of rotatable bonds is 24. The Kier molecular flexibility index (Phi) is 17.5. The van der Waals surface area contributed by atoms with E-state index >= 15 is 0 Å². The van der Waals surface area contributed by atoms with Gasteiger partial charge in [0.05, 0.1) is 25.6 Å². The summed E-state index contributed by atoms with van der Waals surface area (Å²) < 4.78 is 24.9. The van der Waals surface area contributed by atoms with Crippen LogP contribution in [0.1, 0.15) is 96.8 Å². The van der Waals surface area contributed by atoms with Gasteiger partial charge in [0.1, 0.15) is 18.2 Å². The lowest BCUT2D eigenvalue weighted by Crippen LogP contribution is -2.17. The topological polar surface area (TPSA) is 125 Å². The zero-order valence-electron chi connectivity index (χ0n) is 23.6. The second kappa shape index (κ2) is 20.3. The third kappa shape index (κ3) is 15.1. The molecule has 0 aromatic carbocycles. The zero-order chi connectivity index (χ0) is 28.2. The molecule has 2 atom stereocenters. The molecule has 0 saturated carbocycles. The number of nitrogens with two attached hydrogens (primary N) is 1. The van der Waals surface area contributed by atoms with E-state index in [4.69, 9.17) is 21.4 Å². The number of anilines is 1. The SMILES string of the molecule is C#CCCCCCCCCCCCCCCCSCCOP(=O)(O)CO[C@H](C)Cn1cnc2c(N)ncnc21. The highest BCUT2D eigenvalue weighted by molar-refractivity contribution is 7.99. The van der Waals surface area contributed by atoms with Crippen LogP contribution < -0.4 is 5.73 Å². The van der Waals surface area contributed by atoms with Crippen molar-refractivity contribution in [3.63, 3.8) is 0 Å². The Bertz CT molecular complexity index is 1020. The Hall–Kier alpha value is -1.63. The number of hydrogen-bond acceptors (Lipinski definition) is 8. The molecule has 0 aliphatic carbocycles. The fourth-order valence-electron chi connectivity index (χ4n) is 4.34. The fraction of sp³-hybridized carbons (Fsp3) is 0.750. The smallest absolute Gasteiger partial charge is 0.353 e. The molecule has 0 spiro atoms. The number of nitrogens with zero attached hydrogens (tertiary/aromatic N) is 4. The maximum atomic E-state index is 12.3. The van der Waals surface area contributed by atoms with E-state index in [0.29, 0.717) is 29.3 Å². The number of ether oxygens (including phenoxy) is 1. The molecule has 1 unspecified atom stereocenters. The van der Waals surface area contributed by atoms with E-state index in [1.165, 1.54) is 89.8 Å². The average Bonchev–Trinajstić information content (AvgIpc) is 3.32. The van der Waals surface area contributed by atoms with Gasteiger partial charge in [-0.15, -0.1) is 12.3 Å². The van der Waals surface area contributed by atoms with Gasteiger partial charge in [-0.25, -0.2) is 15.0 Å². The van der Waals surface area contributed by atoms with Crippen molar-refractivity contribution in [2.45, 2.75) is 109 Å². The highest BCUT2D eigenvalue weighted by Gasteiger charge is 2.21. The molecule has 2 aromatic heterocycles. The van der Waals surface area contributed by atoms with Crippen LogP contribution in [0.15, 0.2) is 12.7 Å². The van der Waals surface area contributed by atoms with Crippen LogP contribution >= 0.6 is 19.4 Å². The molecular weight excluding hydrogens is 533 g/mol. The summed E-state index contributed by atoms with van der Waals surface area (Å²) in [6.45, 7) is 2.47. The number of fused-ring (bicyclic) bond motifs is 1. The summed E-state index contributed by atoms with van der Waals surface area (Å²) in [5.74, 6) is 4.78. The van der Waals surface area contributed by atoms with Gasteiger partial charge in [0.15, 0.2) is 11.5 Å². The van der Waals surface area contributed by atoms with Crippen LogP contribution in [0.5, 0.6) is 0 Å². The summed E-state index contributed by atoms with van der Waals surface area (Å²) in [5, 5.41) is 0. The first-order valence-corrected chi connectivity index (χ1v) is 17.3. The molecule has 2 aromatic rings. The van der Waals surface area contributed by atoms with Crippen molar-refractivity contribution in [1.29, 1.82) is 0 Å². The van der Waals surface area contributed by atoms with Gasteiger partial charge >= 0.3 is 7.60 Å². The maximum absolute atomic E-state index is 12.3. The maximum Gasteiger partial charge on any atom is 0.353 e. The van der Waals surface area contributed by atoms with Crippen LogP contribution in [-0.2, 0) is 20.4 Å². The van der Waals surface area contributed by atoms with Crippen LogP contribution in [0.2, 0.25) is 0 Å². The quantitative estimate of drug-likeness (QED) is 0.0782. The minimum Gasteiger partial charge on any atom is -0.382 e. The van der Waals surface area contributed by atoms with E-state index in [0.717, 1.165) is 12.2 Å². The first kappa shape index (κ1) is 33.6. The van der Waals surface area contributed by atoms with Crippen LogP contribution in [-0.4, -0.2) is 55.0 Å². The van der Waals surface area contributed by atoms with Gasteiger partial charge in [-0.2, -0.15) is 11.8 Å². The van der Waals surface area contributed by atoms with E-state index in [2.05, 4.69) is 20.9 Å². The molecule has 11 heteroatoms. The molecule has 0 radical (unpaired) electrons. The van der Waals surface area contributed by atoms with Crippen molar-refractivity contribution in [3.8, 4) is 12.3 Å². The Morgan fingerprint density at radius 3 is 2.26 bits per heavy atom. The highest BCUT2D eigenvalue weighted by Crippen LogP contribution is 2.42. The summed E-state index contributed by atoms with van der Waals surface area (Å²) >= 11 is 1.77. The number of nitrogen functional groups attached to an aromatic ring is 1. The molecular formula is C28H48N5O4PS. The lowest BCUT2D eigenvalue weighted by atomic mass is 10.0. The van der Waals surface area contributed by atoms with Crippen LogP contribution in [0.25, 0.3) is 11.2 Å². The summed E-state index contributed by atoms with van der Waals surface area (Å²) in [6, 6.07) is 0. The highest BCUT2D eigenvalue weighted by atomic mass is 32.2. The minimum absolute atomic E-state index is 0.240. The molecule has 39 heavy (non-hydrogen) atoms. The Labute approximate surface area is 239 Å². The lowest BCUT2D eigenvalue weighted by molar-refractivity contribution is 0.0724. The molecule has 9 nitrogen and oxygen atoms in total. The third-order valence-electron chi connectivity index (χ3n) is 6.54. The Morgan fingerprint density at radius 1 is 1.00 bits per heavy atom. The van der Waals surface area contributed by atoms with E-state index < -0.39 is 7.60 Å². The van der Waals surface area contributed by atoms with E-state index in [1.807, 2.05) is 6.92 Å². The standard InChI is InChI=1S/C28H48N5O4PS/c1-3-4-5-6-7-8-9-10-11-12-13-14-15-16-17-19-39-20-18-37-38(34,35)24-36-25(2)21-33-23-32-26-27(29)30-22-31-28(26)33/h1,22-23,25H,4-21,24H2,2H3,(H,34,35)(H2,29,30,31)/t25-/m1/s1. The Morgan fingerprint density at radius 2 is 1.62 bits per heavy atom. The first-order valence-electron chi connectivity index (χ1n) is 14.4. The number of hydrogen-bond donors (Lipinski definition) is 2. The number of unbranched alkanes of at least 4 members (excludes halogenated alkanes) is 13. The van der Waals surface area contributed by atoms with Gasteiger partial charge in [-0.05, 0) is 25.5 Å². The molecule has 2 heterocycles. The monoisotopic (exact) mass is 581 g/mol. The summed E-state index contributed by atoms with van der Waals surface area (Å²) in [6.07, 6.45) is 25.5. The van der Waals surface area contributed by atoms with Crippen molar-refractivity contribution >= 4 is 36.3 Å². The summed E-state index contributed by atoms with van der Waals surface area (Å²) in [5.41, 5.74) is 6.93. The number of imidazole rings is 1. The van der Waals surface area contributed by atoms with Crippen molar-refractivity contribution in [1.82, 2.24) is 19.5 Å². The predicted molar refractivity (Wildman–Crippen MR) is 162 cm³/mol. The summed E-state index contributed by atoms with van der Waals surface area (Å²) in [4.78, 5) is 22.4. The molecule has 0 fully saturated rings. The van der Waals surface area contributed by atoms with Gasteiger partial charge in [0.2, 0.25) is 0 Å². The minimum atomic E-state index is -3.80. The second-order valence-corrected chi connectivity index (χ2v) is 13.1. The second-order valence-electron chi connectivity index (χ2n) is 10.1. The number of thioether (sulfide) groups is 1. The van der Waals surface area contributed by atoms with Crippen molar-refractivity contribution in [3.05, 3.63) is 12.7 Å². The molecule has 0 bridgehead atoms. The summed E-state index contributed by atoms with van der Waals surface area (Å²) in [7, 11) is -3.80. The number of terminal acetylenes is 1. The van der Waals surface area contributed by atoms with Crippen molar-refractivity contribution in [2.75, 3.05) is 30.2 Å². The molecule has 2 rings (SSSR count). The lowest BCUT2D eigenvalue weighted by Gasteiger charge is -2.17. The van der Waals surface area contributed by atoms with Crippen molar-refractivity contribution < 1.29 is 18.7 Å². The van der Waals surface area contributed by atoms with Crippen LogP contribution in [0.4, 0.5) is 5.82 Å². The molecule has 0 saturated heterocycles. The molecule has 0 amide bonds. The van der Waals surface area contributed by atoms with Crippen molar-refractivity contribution in [2.24, 2.45) is 0 Å². The normalized spacial score (nSPS) is 13.9. The first-order chi connectivity index (χ1) is 18.9. The fourth-order valence-corrected chi connectivity index (χ4v) is 6.17. The van der Waals surface area contributed by atoms with Gasteiger partial charge < -0.3 is 24.5 Å². The van der Waals surface area contributed by atoms with Gasteiger partial charge in [-0.1, -0.05) is 70.6 Å². The van der Waals surface area contributed by atoms with E-state index in [-0.39, 0.29) is 19.1 Å². The molecule has 0 aliphatic heterocycles. The molecule has 0 aliphatic rings. The Balaban J connectivity index is 1.38. The number of aromatic nitrogens is 4. The predicted octanol–water partition coefficient (Wildman–Crippen LogP) is 6.80. The zero-order valence-corrected chi connectivity index (χ0v) is 25.3. The van der Waals surface area contributed by atoms with Gasteiger partial charge in [0.25, 0.3) is 0 Å². The largest absolute Gasteiger partial charge is 0.382 e.